The van der Waals surface area contributed by atoms with Gasteiger partial charge in [0.25, 0.3) is 5.91 Å². The SMILES string of the molecule is COc1ccc(CN2C(=O)[C@H](OC)[C@@H]2C(=O)O)c(OC)c1. The van der Waals surface area contributed by atoms with Crippen LogP contribution in [0.1, 0.15) is 5.56 Å². The lowest BCUT2D eigenvalue weighted by molar-refractivity contribution is -0.183. The van der Waals surface area contributed by atoms with Crippen LogP contribution in [0.4, 0.5) is 0 Å². The molecule has 0 aliphatic carbocycles. The van der Waals surface area contributed by atoms with Crippen LogP contribution in [-0.4, -0.2) is 55.4 Å². The van der Waals surface area contributed by atoms with Crippen LogP contribution in [0.2, 0.25) is 0 Å². The van der Waals surface area contributed by atoms with Crippen molar-refractivity contribution >= 4 is 11.9 Å². The third-order valence-electron chi connectivity index (χ3n) is 3.49. The summed E-state index contributed by atoms with van der Waals surface area (Å²) in [6.45, 7) is 0.142. The molecule has 1 aromatic carbocycles. The second kappa shape index (κ2) is 6.01. The highest BCUT2D eigenvalue weighted by molar-refractivity contribution is 5.98. The zero-order chi connectivity index (χ0) is 15.6. The second-order valence-corrected chi connectivity index (χ2v) is 4.58. The van der Waals surface area contributed by atoms with Crippen molar-refractivity contribution in [1.82, 2.24) is 4.90 Å². The lowest BCUT2D eigenvalue weighted by atomic mass is 9.96. The molecule has 1 aromatic rings. The number of carboxylic acids is 1. The first kappa shape index (κ1) is 15.1. The van der Waals surface area contributed by atoms with Gasteiger partial charge < -0.3 is 24.2 Å². The van der Waals surface area contributed by atoms with Gasteiger partial charge in [0.05, 0.1) is 20.8 Å². The van der Waals surface area contributed by atoms with Gasteiger partial charge in [-0.1, -0.05) is 0 Å². The van der Waals surface area contributed by atoms with Crippen LogP contribution in [0.25, 0.3) is 0 Å². The molecule has 1 N–H and O–H groups in total. The minimum atomic E-state index is -1.09. The number of hydrogen-bond donors (Lipinski definition) is 1. The number of amides is 1. The molecule has 0 spiro atoms. The number of carboxylic acid groups (broad SMARTS) is 1. The molecular weight excluding hydrogens is 278 g/mol. The van der Waals surface area contributed by atoms with E-state index in [1.807, 2.05) is 0 Å². The average molecular weight is 295 g/mol. The molecule has 21 heavy (non-hydrogen) atoms. The van der Waals surface area contributed by atoms with E-state index in [-0.39, 0.29) is 12.5 Å². The van der Waals surface area contributed by atoms with E-state index in [0.717, 1.165) is 0 Å². The van der Waals surface area contributed by atoms with Gasteiger partial charge in [-0.15, -0.1) is 0 Å². The van der Waals surface area contributed by atoms with Crippen molar-refractivity contribution in [2.75, 3.05) is 21.3 Å². The lowest BCUT2D eigenvalue weighted by Gasteiger charge is -2.43. The quantitative estimate of drug-likeness (QED) is 0.770. The van der Waals surface area contributed by atoms with E-state index in [1.54, 1.807) is 18.2 Å². The van der Waals surface area contributed by atoms with Gasteiger partial charge in [0.15, 0.2) is 12.1 Å². The van der Waals surface area contributed by atoms with Crippen molar-refractivity contribution < 1.29 is 28.9 Å². The number of carbonyl (C=O) groups is 2. The Kier molecular flexibility index (Phi) is 4.32. The molecule has 1 saturated heterocycles. The van der Waals surface area contributed by atoms with Gasteiger partial charge in [0.1, 0.15) is 11.5 Å². The summed E-state index contributed by atoms with van der Waals surface area (Å²) < 4.78 is 15.3. The fourth-order valence-corrected chi connectivity index (χ4v) is 2.35. The van der Waals surface area contributed by atoms with Gasteiger partial charge in [-0.25, -0.2) is 4.79 Å². The molecule has 1 amide bonds. The third kappa shape index (κ3) is 2.64. The number of β-lactam (4-membered cyclic amide) rings is 1. The first-order valence-corrected chi connectivity index (χ1v) is 6.30. The predicted octanol–water partition coefficient (Wildman–Crippen LogP) is 0.514. The molecule has 1 fully saturated rings. The second-order valence-electron chi connectivity index (χ2n) is 4.58. The molecule has 2 atom stereocenters. The maximum absolute atomic E-state index is 11.9. The highest BCUT2D eigenvalue weighted by Gasteiger charge is 2.52. The van der Waals surface area contributed by atoms with Crippen molar-refractivity contribution in [2.45, 2.75) is 18.7 Å². The standard InChI is InChI=1S/C14H17NO6/c1-19-9-5-4-8(10(6-9)20-2)7-15-11(14(17)18)12(21-3)13(15)16/h4-6,11-12H,7H2,1-3H3,(H,17,18)/t11-,12-/m1/s1. The molecule has 1 aliphatic heterocycles. The third-order valence-corrected chi connectivity index (χ3v) is 3.49. The van der Waals surface area contributed by atoms with Crippen molar-refractivity contribution in [3.63, 3.8) is 0 Å². The molecule has 0 aromatic heterocycles. The van der Waals surface area contributed by atoms with Gasteiger partial charge in [-0.2, -0.15) is 0 Å². The summed E-state index contributed by atoms with van der Waals surface area (Å²) >= 11 is 0. The Balaban J connectivity index is 2.21. The number of ether oxygens (including phenoxy) is 3. The maximum Gasteiger partial charge on any atom is 0.329 e. The number of hydrogen-bond acceptors (Lipinski definition) is 5. The smallest absolute Gasteiger partial charge is 0.329 e. The van der Waals surface area contributed by atoms with E-state index in [2.05, 4.69) is 0 Å². The highest BCUT2D eigenvalue weighted by Crippen LogP contribution is 2.30. The zero-order valence-electron chi connectivity index (χ0n) is 12.0. The Hall–Kier alpha value is -2.28. The van der Waals surface area contributed by atoms with Crippen LogP contribution in [0.15, 0.2) is 18.2 Å². The van der Waals surface area contributed by atoms with E-state index in [0.29, 0.717) is 17.1 Å². The maximum atomic E-state index is 11.9. The van der Waals surface area contributed by atoms with Crippen molar-refractivity contribution in [3.05, 3.63) is 23.8 Å². The Bertz CT molecular complexity index is 558. The summed E-state index contributed by atoms with van der Waals surface area (Å²) in [5.74, 6) is -0.279. The minimum absolute atomic E-state index is 0.142. The molecule has 7 nitrogen and oxygen atoms in total. The Morgan fingerprint density at radius 2 is 2.00 bits per heavy atom. The summed E-state index contributed by atoms with van der Waals surface area (Å²) in [5, 5.41) is 9.18. The lowest BCUT2D eigenvalue weighted by Crippen LogP contribution is -2.67. The normalized spacial score (nSPS) is 20.9. The molecule has 0 radical (unpaired) electrons. The van der Waals surface area contributed by atoms with Gasteiger partial charge in [0, 0.05) is 18.7 Å². The fraction of sp³-hybridized carbons (Fsp3) is 0.429. The predicted molar refractivity (Wildman–Crippen MR) is 72.3 cm³/mol. The zero-order valence-corrected chi connectivity index (χ0v) is 12.0. The molecule has 2 rings (SSSR count). The highest BCUT2D eigenvalue weighted by atomic mass is 16.5. The van der Waals surface area contributed by atoms with Gasteiger partial charge >= 0.3 is 5.97 Å². The summed E-state index contributed by atoms with van der Waals surface area (Å²) in [6.07, 6.45) is -0.924. The van der Waals surface area contributed by atoms with Crippen molar-refractivity contribution in [2.24, 2.45) is 0 Å². The van der Waals surface area contributed by atoms with Crippen LogP contribution < -0.4 is 9.47 Å². The number of methoxy groups -OCH3 is 3. The van der Waals surface area contributed by atoms with E-state index >= 15 is 0 Å². The van der Waals surface area contributed by atoms with Crippen molar-refractivity contribution in [1.29, 1.82) is 0 Å². The summed E-state index contributed by atoms with van der Waals surface area (Å²) in [6, 6.07) is 4.17. The number of rotatable bonds is 6. The molecule has 0 saturated carbocycles. The average Bonchev–Trinajstić information content (AvgIpc) is 2.49. The van der Waals surface area contributed by atoms with Gasteiger partial charge in [-0.05, 0) is 12.1 Å². The summed E-state index contributed by atoms with van der Waals surface area (Å²) in [5.41, 5.74) is 0.701. The van der Waals surface area contributed by atoms with Crippen LogP contribution in [-0.2, 0) is 20.9 Å². The number of carbonyl (C=O) groups excluding carboxylic acids is 1. The van der Waals surface area contributed by atoms with E-state index in [9.17, 15) is 14.7 Å². The van der Waals surface area contributed by atoms with Crippen LogP contribution in [0.5, 0.6) is 11.5 Å². The van der Waals surface area contributed by atoms with Crippen LogP contribution in [0.3, 0.4) is 0 Å². The molecule has 1 aliphatic rings. The van der Waals surface area contributed by atoms with Crippen LogP contribution in [0, 0.1) is 0 Å². The van der Waals surface area contributed by atoms with E-state index in [4.69, 9.17) is 14.2 Å². The number of benzene rings is 1. The number of likely N-dealkylation sites (tertiary alicyclic amines) is 1. The van der Waals surface area contributed by atoms with Gasteiger partial charge in [-0.3, -0.25) is 4.79 Å². The minimum Gasteiger partial charge on any atom is -0.497 e. The Morgan fingerprint density at radius 3 is 2.52 bits per heavy atom. The van der Waals surface area contributed by atoms with E-state index in [1.165, 1.54) is 26.2 Å². The Labute approximate surface area is 122 Å². The first-order chi connectivity index (χ1) is 10.0. The largest absolute Gasteiger partial charge is 0.497 e. The van der Waals surface area contributed by atoms with Gasteiger partial charge in [0.2, 0.25) is 0 Å². The molecule has 7 heteroatoms. The molecular formula is C14H17NO6. The number of nitrogens with zero attached hydrogens (tertiary/aromatic N) is 1. The number of aliphatic carboxylic acids is 1. The van der Waals surface area contributed by atoms with Crippen LogP contribution >= 0.6 is 0 Å². The molecule has 0 bridgehead atoms. The molecule has 0 unspecified atom stereocenters. The first-order valence-electron chi connectivity index (χ1n) is 6.30. The Morgan fingerprint density at radius 1 is 1.29 bits per heavy atom. The molecule has 1 heterocycles. The topological polar surface area (TPSA) is 85.3 Å². The monoisotopic (exact) mass is 295 g/mol. The molecule has 114 valence electrons. The van der Waals surface area contributed by atoms with E-state index < -0.39 is 18.1 Å². The van der Waals surface area contributed by atoms with Crippen molar-refractivity contribution in [3.8, 4) is 11.5 Å². The fourth-order valence-electron chi connectivity index (χ4n) is 2.35. The summed E-state index contributed by atoms with van der Waals surface area (Å²) in [7, 11) is 4.36. The summed E-state index contributed by atoms with van der Waals surface area (Å²) in [4.78, 5) is 24.4.